The monoisotopic (exact) mass is 272 g/mol. The smallest absolute Gasteiger partial charge is 0.328 e. The van der Waals surface area contributed by atoms with Gasteiger partial charge in [0.1, 0.15) is 6.07 Å². The van der Waals surface area contributed by atoms with Crippen molar-refractivity contribution in [2.24, 2.45) is 5.41 Å². The lowest BCUT2D eigenvalue weighted by Gasteiger charge is -2.29. The minimum absolute atomic E-state index is 0.128. The first kappa shape index (κ1) is 15.8. The number of hydrogen-bond donors (Lipinski definition) is 1. The lowest BCUT2D eigenvalue weighted by atomic mass is 9.95. The molecule has 4 nitrogen and oxygen atoms in total. The van der Waals surface area contributed by atoms with Gasteiger partial charge < -0.3 is 10.0 Å². The van der Waals surface area contributed by atoms with Gasteiger partial charge in [0.25, 0.3) is 0 Å². The molecule has 0 atom stereocenters. The highest BCUT2D eigenvalue weighted by atomic mass is 16.4. The molecular formula is C16H20N2O2. The number of anilines is 1. The Hall–Kier alpha value is -2.28. The van der Waals surface area contributed by atoms with E-state index >= 15 is 0 Å². The Morgan fingerprint density at radius 1 is 1.45 bits per heavy atom. The molecule has 20 heavy (non-hydrogen) atoms. The maximum Gasteiger partial charge on any atom is 0.328 e. The van der Waals surface area contributed by atoms with Gasteiger partial charge in [0.05, 0.1) is 11.3 Å². The number of rotatable bonds is 4. The summed E-state index contributed by atoms with van der Waals surface area (Å²) in [6, 6.07) is 7.54. The summed E-state index contributed by atoms with van der Waals surface area (Å²) in [5, 5.41) is 17.9. The maximum atomic E-state index is 10.5. The quantitative estimate of drug-likeness (QED) is 0.855. The number of carboxylic acids is 1. The first-order chi connectivity index (χ1) is 9.23. The largest absolute Gasteiger partial charge is 0.478 e. The molecule has 1 N–H and O–H groups in total. The van der Waals surface area contributed by atoms with Crippen LogP contribution in [0.25, 0.3) is 6.08 Å². The van der Waals surface area contributed by atoms with Crippen molar-refractivity contribution in [3.63, 3.8) is 0 Å². The fraction of sp³-hybridized carbons (Fsp3) is 0.375. The van der Waals surface area contributed by atoms with Crippen LogP contribution in [0.4, 0.5) is 5.69 Å². The van der Waals surface area contributed by atoms with Crippen molar-refractivity contribution in [1.29, 1.82) is 5.26 Å². The molecule has 0 aliphatic carbocycles. The van der Waals surface area contributed by atoms with Crippen molar-refractivity contribution in [3.8, 4) is 6.07 Å². The summed E-state index contributed by atoms with van der Waals surface area (Å²) in [5.41, 5.74) is 2.24. The van der Waals surface area contributed by atoms with E-state index < -0.39 is 5.97 Å². The third kappa shape index (κ3) is 4.77. The summed E-state index contributed by atoms with van der Waals surface area (Å²) < 4.78 is 0. The molecule has 0 bridgehead atoms. The minimum atomic E-state index is -1.00. The Morgan fingerprint density at radius 2 is 2.10 bits per heavy atom. The Labute approximate surface area is 119 Å². The summed E-state index contributed by atoms with van der Waals surface area (Å²) in [6.45, 7) is 7.24. The summed E-state index contributed by atoms with van der Waals surface area (Å²) in [5.74, 6) is -1.00. The van der Waals surface area contributed by atoms with Crippen molar-refractivity contribution in [1.82, 2.24) is 0 Å². The van der Waals surface area contributed by atoms with Gasteiger partial charge >= 0.3 is 5.97 Å². The Morgan fingerprint density at radius 3 is 2.60 bits per heavy atom. The number of carbonyl (C=O) groups is 1. The molecule has 0 aromatic heterocycles. The number of hydrogen-bond acceptors (Lipinski definition) is 3. The van der Waals surface area contributed by atoms with E-state index in [0.717, 1.165) is 18.3 Å². The molecule has 4 heteroatoms. The van der Waals surface area contributed by atoms with Crippen LogP contribution in [0.2, 0.25) is 0 Å². The SMILES string of the molecule is CN(CC(C)(C)C)c1ccc(/C=C/C(=O)O)cc1C#N. The van der Waals surface area contributed by atoms with Crippen LogP contribution in [0.1, 0.15) is 31.9 Å². The third-order valence-electron chi connectivity index (χ3n) is 2.68. The number of carboxylic acid groups (broad SMARTS) is 1. The van der Waals surface area contributed by atoms with E-state index in [0.29, 0.717) is 11.1 Å². The zero-order chi connectivity index (χ0) is 15.3. The lowest BCUT2D eigenvalue weighted by Crippen LogP contribution is -2.29. The van der Waals surface area contributed by atoms with Crippen LogP contribution in [-0.4, -0.2) is 24.7 Å². The second-order valence-electron chi connectivity index (χ2n) is 5.98. The zero-order valence-corrected chi connectivity index (χ0v) is 12.3. The van der Waals surface area contributed by atoms with E-state index in [9.17, 15) is 10.1 Å². The van der Waals surface area contributed by atoms with Crippen molar-refractivity contribution in [2.75, 3.05) is 18.5 Å². The standard InChI is InChI=1S/C16H20N2O2/c1-16(2,3)11-18(4)14-7-5-12(6-8-15(19)20)9-13(14)10-17/h5-9H,11H2,1-4H3,(H,19,20)/b8-6+. The van der Waals surface area contributed by atoms with Crippen LogP contribution in [0.3, 0.4) is 0 Å². The third-order valence-corrected chi connectivity index (χ3v) is 2.68. The van der Waals surface area contributed by atoms with E-state index in [1.165, 1.54) is 6.08 Å². The number of nitriles is 1. The first-order valence-corrected chi connectivity index (χ1v) is 6.39. The average molecular weight is 272 g/mol. The van der Waals surface area contributed by atoms with Gasteiger partial charge in [-0.2, -0.15) is 5.26 Å². The fourth-order valence-corrected chi connectivity index (χ4v) is 2.04. The molecule has 0 unspecified atom stereocenters. The van der Waals surface area contributed by atoms with E-state index in [2.05, 4.69) is 26.8 Å². The second kappa shape index (κ2) is 6.25. The maximum absolute atomic E-state index is 10.5. The van der Waals surface area contributed by atoms with Gasteiger partial charge in [-0.05, 0) is 29.2 Å². The van der Waals surface area contributed by atoms with Gasteiger partial charge in [0.2, 0.25) is 0 Å². The molecule has 1 aromatic carbocycles. The van der Waals surface area contributed by atoms with E-state index in [-0.39, 0.29) is 5.41 Å². The van der Waals surface area contributed by atoms with Crippen LogP contribution in [0.5, 0.6) is 0 Å². The fourth-order valence-electron chi connectivity index (χ4n) is 2.04. The highest BCUT2D eigenvalue weighted by molar-refractivity contribution is 5.85. The van der Waals surface area contributed by atoms with Crippen LogP contribution in [-0.2, 0) is 4.79 Å². The lowest BCUT2D eigenvalue weighted by molar-refractivity contribution is -0.131. The first-order valence-electron chi connectivity index (χ1n) is 6.39. The predicted octanol–water partition coefficient (Wildman–Crippen LogP) is 3.14. The van der Waals surface area contributed by atoms with E-state index in [4.69, 9.17) is 5.11 Å². The van der Waals surface area contributed by atoms with E-state index in [1.807, 2.05) is 24.1 Å². The van der Waals surface area contributed by atoms with Crippen LogP contribution in [0.15, 0.2) is 24.3 Å². The molecule has 0 saturated carbocycles. The van der Waals surface area contributed by atoms with Crippen LogP contribution < -0.4 is 4.90 Å². The molecule has 0 aliphatic rings. The van der Waals surface area contributed by atoms with Gasteiger partial charge in [-0.15, -0.1) is 0 Å². The summed E-state index contributed by atoms with van der Waals surface area (Å²) in [7, 11) is 1.95. The van der Waals surface area contributed by atoms with Gasteiger partial charge in [-0.3, -0.25) is 0 Å². The minimum Gasteiger partial charge on any atom is -0.478 e. The van der Waals surface area contributed by atoms with Crippen LogP contribution in [0, 0.1) is 16.7 Å². The molecule has 0 heterocycles. The highest BCUT2D eigenvalue weighted by Crippen LogP contribution is 2.24. The second-order valence-corrected chi connectivity index (χ2v) is 5.98. The van der Waals surface area contributed by atoms with Crippen molar-refractivity contribution < 1.29 is 9.90 Å². The molecule has 1 aromatic rings. The van der Waals surface area contributed by atoms with Gasteiger partial charge in [-0.1, -0.05) is 26.8 Å². The van der Waals surface area contributed by atoms with E-state index in [1.54, 1.807) is 6.07 Å². The highest BCUT2D eigenvalue weighted by Gasteiger charge is 2.16. The normalized spacial score (nSPS) is 11.3. The average Bonchev–Trinajstić information content (AvgIpc) is 2.33. The molecule has 0 spiro atoms. The molecule has 106 valence electrons. The van der Waals surface area contributed by atoms with Gasteiger partial charge in [0, 0.05) is 19.7 Å². The summed E-state index contributed by atoms with van der Waals surface area (Å²) in [4.78, 5) is 12.5. The Bertz CT molecular complexity index is 563. The van der Waals surface area contributed by atoms with Crippen molar-refractivity contribution in [2.45, 2.75) is 20.8 Å². The molecular weight excluding hydrogens is 252 g/mol. The molecule has 0 aliphatic heterocycles. The molecule has 0 fully saturated rings. The van der Waals surface area contributed by atoms with Crippen molar-refractivity contribution in [3.05, 3.63) is 35.4 Å². The predicted molar refractivity (Wildman–Crippen MR) is 80.6 cm³/mol. The van der Waals surface area contributed by atoms with Crippen LogP contribution >= 0.6 is 0 Å². The summed E-state index contributed by atoms with van der Waals surface area (Å²) in [6.07, 6.45) is 2.55. The number of nitrogens with zero attached hydrogens (tertiary/aromatic N) is 2. The molecule has 0 amide bonds. The van der Waals surface area contributed by atoms with Crippen molar-refractivity contribution >= 4 is 17.7 Å². The molecule has 0 saturated heterocycles. The number of benzene rings is 1. The Balaban J connectivity index is 3.06. The topological polar surface area (TPSA) is 64.3 Å². The zero-order valence-electron chi connectivity index (χ0n) is 12.3. The number of aliphatic carboxylic acids is 1. The summed E-state index contributed by atoms with van der Waals surface area (Å²) >= 11 is 0. The van der Waals surface area contributed by atoms with Gasteiger partial charge in [-0.25, -0.2) is 4.79 Å². The Kier molecular flexibility index (Phi) is 4.93. The van der Waals surface area contributed by atoms with Gasteiger partial charge in [0.15, 0.2) is 0 Å². The molecule has 1 rings (SSSR count). The molecule has 0 radical (unpaired) electrons.